The standard InChI is InChI=1S/C31H35N3O6S/c1-22-19-34(23(2)21-35)41(37,38)30-16-15-25(14-13-24-9-6-5-7-10-24)17-28(30)40-29(22)20-33(3)31(36)32-26-11-8-12-27(18-26)39-4/h5-12,15-18,22-23,29,35H,19-21H2,1-4H3,(H,32,36)/t22-,23+,29-/m1/s1. The monoisotopic (exact) mass is 577 g/mol. The number of carbonyl (C=O) groups excluding carboxylic acids is 1. The highest BCUT2D eigenvalue weighted by molar-refractivity contribution is 7.89. The zero-order valence-corrected chi connectivity index (χ0v) is 24.4. The van der Waals surface area contributed by atoms with E-state index in [1.54, 1.807) is 57.5 Å². The van der Waals surface area contributed by atoms with Gasteiger partial charge in [-0.2, -0.15) is 4.31 Å². The van der Waals surface area contributed by atoms with Crippen LogP contribution >= 0.6 is 0 Å². The van der Waals surface area contributed by atoms with Crippen LogP contribution < -0.4 is 14.8 Å². The van der Waals surface area contributed by atoms with Gasteiger partial charge in [0, 0.05) is 48.4 Å². The third-order valence-electron chi connectivity index (χ3n) is 6.91. The first-order valence-electron chi connectivity index (χ1n) is 13.3. The highest BCUT2D eigenvalue weighted by Crippen LogP contribution is 2.34. The number of amides is 2. The van der Waals surface area contributed by atoms with Crippen molar-refractivity contribution in [1.82, 2.24) is 9.21 Å². The van der Waals surface area contributed by atoms with Crippen LogP contribution in [0.15, 0.2) is 77.7 Å². The molecule has 0 saturated carbocycles. The maximum atomic E-state index is 13.7. The maximum Gasteiger partial charge on any atom is 0.321 e. The smallest absolute Gasteiger partial charge is 0.321 e. The average Bonchev–Trinajstić information content (AvgIpc) is 2.97. The van der Waals surface area contributed by atoms with Gasteiger partial charge in [-0.15, -0.1) is 0 Å². The van der Waals surface area contributed by atoms with E-state index in [9.17, 15) is 18.3 Å². The molecule has 10 heteroatoms. The fraction of sp³-hybridized carbons (Fsp3) is 0.323. The molecule has 0 bridgehead atoms. The van der Waals surface area contributed by atoms with Crippen molar-refractivity contribution in [1.29, 1.82) is 0 Å². The maximum absolute atomic E-state index is 13.7. The molecule has 4 rings (SSSR count). The van der Waals surface area contributed by atoms with Gasteiger partial charge in [-0.05, 0) is 49.4 Å². The molecule has 2 amide bonds. The van der Waals surface area contributed by atoms with Crippen LogP contribution in [0.1, 0.15) is 25.0 Å². The molecule has 3 aromatic rings. The summed E-state index contributed by atoms with van der Waals surface area (Å²) < 4.78 is 40.3. The van der Waals surface area contributed by atoms with Crippen LogP contribution in [0.3, 0.4) is 0 Å². The van der Waals surface area contributed by atoms with Crippen LogP contribution in [0.2, 0.25) is 0 Å². The number of benzene rings is 3. The van der Waals surface area contributed by atoms with Gasteiger partial charge >= 0.3 is 6.03 Å². The van der Waals surface area contributed by atoms with Gasteiger partial charge in [0.05, 0.1) is 20.3 Å². The molecule has 1 aliphatic heterocycles. The minimum atomic E-state index is -3.99. The van der Waals surface area contributed by atoms with Crippen molar-refractivity contribution < 1.29 is 27.8 Å². The Kier molecular flexibility index (Phi) is 9.55. The van der Waals surface area contributed by atoms with Crippen molar-refractivity contribution >= 4 is 21.7 Å². The van der Waals surface area contributed by atoms with Crippen molar-refractivity contribution in [2.75, 3.05) is 39.2 Å². The van der Waals surface area contributed by atoms with E-state index in [1.807, 2.05) is 37.3 Å². The number of rotatable bonds is 6. The topological polar surface area (TPSA) is 108 Å². The molecule has 0 unspecified atom stereocenters. The fourth-order valence-electron chi connectivity index (χ4n) is 4.46. The molecule has 1 aliphatic rings. The van der Waals surface area contributed by atoms with E-state index in [0.29, 0.717) is 17.0 Å². The van der Waals surface area contributed by atoms with Gasteiger partial charge in [0.15, 0.2) is 0 Å². The molecule has 1 heterocycles. The zero-order valence-electron chi connectivity index (χ0n) is 23.6. The Morgan fingerprint density at radius 1 is 1.12 bits per heavy atom. The summed E-state index contributed by atoms with van der Waals surface area (Å²) in [5, 5.41) is 12.7. The lowest BCUT2D eigenvalue weighted by Gasteiger charge is -2.37. The van der Waals surface area contributed by atoms with Crippen molar-refractivity contribution in [2.24, 2.45) is 5.92 Å². The molecule has 0 fully saturated rings. The summed E-state index contributed by atoms with van der Waals surface area (Å²) in [6, 6.07) is 20.3. The number of sulfonamides is 1. The van der Waals surface area contributed by atoms with Crippen molar-refractivity contribution in [2.45, 2.75) is 30.9 Å². The number of methoxy groups -OCH3 is 1. The molecule has 216 valence electrons. The largest absolute Gasteiger partial charge is 0.497 e. The second kappa shape index (κ2) is 13.1. The first kappa shape index (κ1) is 29.9. The summed E-state index contributed by atoms with van der Waals surface area (Å²) in [6.45, 7) is 3.48. The lowest BCUT2D eigenvalue weighted by atomic mass is 10.0. The fourth-order valence-corrected chi connectivity index (χ4v) is 6.29. The minimum Gasteiger partial charge on any atom is -0.497 e. The highest BCUT2D eigenvalue weighted by atomic mass is 32.2. The normalized spacial score (nSPS) is 18.8. The number of ether oxygens (including phenoxy) is 2. The van der Waals surface area contributed by atoms with Crippen molar-refractivity contribution in [3.05, 3.63) is 83.9 Å². The van der Waals surface area contributed by atoms with Crippen LogP contribution in [0.4, 0.5) is 10.5 Å². The molecule has 3 atom stereocenters. The number of carbonyl (C=O) groups is 1. The summed E-state index contributed by atoms with van der Waals surface area (Å²) >= 11 is 0. The van der Waals surface area contributed by atoms with Crippen LogP contribution in [0.5, 0.6) is 11.5 Å². The Bertz CT molecular complexity index is 1530. The third kappa shape index (κ3) is 7.19. The molecule has 0 saturated heterocycles. The number of fused-ring (bicyclic) bond motifs is 1. The van der Waals surface area contributed by atoms with E-state index in [1.165, 1.54) is 15.3 Å². The van der Waals surface area contributed by atoms with Gasteiger partial charge in [0.1, 0.15) is 22.5 Å². The summed E-state index contributed by atoms with van der Waals surface area (Å²) in [6.07, 6.45) is -0.559. The molecule has 41 heavy (non-hydrogen) atoms. The predicted octanol–water partition coefficient (Wildman–Crippen LogP) is 4.03. The molecular formula is C31H35N3O6S. The quantitative estimate of drug-likeness (QED) is 0.429. The molecule has 0 aromatic heterocycles. The third-order valence-corrected chi connectivity index (χ3v) is 8.93. The number of hydrogen-bond acceptors (Lipinski definition) is 6. The number of urea groups is 1. The van der Waals surface area contributed by atoms with Crippen LogP contribution in [-0.4, -0.2) is 74.8 Å². The van der Waals surface area contributed by atoms with E-state index in [0.717, 1.165) is 5.56 Å². The number of likely N-dealkylation sites (N-methyl/N-ethyl adjacent to an activating group) is 1. The van der Waals surface area contributed by atoms with Crippen molar-refractivity contribution in [3.8, 4) is 23.3 Å². The summed E-state index contributed by atoms with van der Waals surface area (Å²) in [4.78, 5) is 14.5. The molecule has 0 spiro atoms. The molecule has 3 aromatic carbocycles. The Hall–Kier alpha value is -4.04. The number of aliphatic hydroxyl groups excluding tert-OH is 1. The van der Waals surface area contributed by atoms with E-state index < -0.39 is 22.2 Å². The second-order valence-corrected chi connectivity index (χ2v) is 11.9. The average molecular weight is 578 g/mol. The van der Waals surface area contributed by atoms with E-state index in [4.69, 9.17) is 9.47 Å². The highest BCUT2D eigenvalue weighted by Gasteiger charge is 2.38. The molecule has 2 N–H and O–H groups in total. The minimum absolute atomic E-state index is 0.0107. The predicted molar refractivity (Wildman–Crippen MR) is 158 cm³/mol. The van der Waals surface area contributed by atoms with Gasteiger partial charge in [-0.25, -0.2) is 13.2 Å². The van der Waals surface area contributed by atoms with Gasteiger partial charge in [0.25, 0.3) is 0 Å². The summed E-state index contributed by atoms with van der Waals surface area (Å²) in [5.41, 5.74) is 1.99. The van der Waals surface area contributed by atoms with Gasteiger partial charge in [0.2, 0.25) is 10.0 Å². The molecule has 0 radical (unpaired) electrons. The van der Waals surface area contributed by atoms with Crippen molar-refractivity contribution in [3.63, 3.8) is 0 Å². The van der Waals surface area contributed by atoms with Crippen LogP contribution in [0, 0.1) is 17.8 Å². The van der Waals surface area contributed by atoms with Gasteiger partial charge < -0.3 is 24.8 Å². The van der Waals surface area contributed by atoms with E-state index in [2.05, 4.69) is 17.2 Å². The first-order valence-corrected chi connectivity index (χ1v) is 14.7. The first-order chi connectivity index (χ1) is 19.6. The van der Waals surface area contributed by atoms with Gasteiger partial charge in [-0.1, -0.05) is 43.0 Å². The number of hydrogen-bond donors (Lipinski definition) is 2. The SMILES string of the molecule is COc1cccc(NC(=O)N(C)C[C@H]2Oc3cc(C#Cc4ccccc4)ccc3S(=O)(=O)N([C@@H](C)CO)C[C@H]2C)c1. The number of nitrogens with one attached hydrogen (secondary N) is 1. The Balaban J connectivity index is 1.65. The van der Waals surface area contributed by atoms with Crippen LogP contribution in [-0.2, 0) is 10.0 Å². The second-order valence-electron chi connectivity index (χ2n) is 10.1. The van der Waals surface area contributed by atoms with E-state index >= 15 is 0 Å². The Morgan fingerprint density at radius 3 is 2.56 bits per heavy atom. The van der Waals surface area contributed by atoms with Crippen LogP contribution in [0.25, 0.3) is 0 Å². The summed E-state index contributed by atoms with van der Waals surface area (Å²) in [7, 11) is -0.787. The Morgan fingerprint density at radius 2 is 1.85 bits per heavy atom. The zero-order chi connectivity index (χ0) is 29.6. The molecular weight excluding hydrogens is 542 g/mol. The lowest BCUT2D eigenvalue weighted by molar-refractivity contribution is 0.0830. The van der Waals surface area contributed by atoms with Gasteiger partial charge in [-0.3, -0.25) is 0 Å². The molecule has 0 aliphatic carbocycles. The Labute approximate surface area is 241 Å². The molecule has 9 nitrogen and oxygen atoms in total. The number of aliphatic hydroxyl groups is 1. The number of anilines is 1. The summed E-state index contributed by atoms with van der Waals surface area (Å²) in [5.74, 6) is 6.61. The number of nitrogens with zero attached hydrogens (tertiary/aromatic N) is 2. The van der Waals surface area contributed by atoms with E-state index in [-0.39, 0.29) is 42.3 Å². The lowest BCUT2D eigenvalue weighted by Crippen LogP contribution is -2.50.